The molecule has 4 heterocycles. The van der Waals surface area contributed by atoms with Gasteiger partial charge in [-0.15, -0.1) is 0 Å². The summed E-state index contributed by atoms with van der Waals surface area (Å²) >= 11 is 0. The van der Waals surface area contributed by atoms with Crippen LogP contribution in [0.15, 0.2) is 91.3 Å². The van der Waals surface area contributed by atoms with Gasteiger partial charge in [-0.2, -0.15) is 9.61 Å². The molecular formula is C31H30N6O3. The number of pyridine rings is 1. The Balaban J connectivity index is 1.46. The van der Waals surface area contributed by atoms with E-state index in [1.165, 1.54) is 0 Å². The van der Waals surface area contributed by atoms with Crippen molar-refractivity contribution >= 4 is 28.8 Å². The molecule has 0 spiro atoms. The minimum atomic E-state index is 0.00975. The predicted octanol–water partition coefficient (Wildman–Crippen LogP) is 5.30. The van der Waals surface area contributed by atoms with E-state index in [-0.39, 0.29) is 11.7 Å². The maximum absolute atomic E-state index is 13.3. The number of hydrogen-bond acceptors (Lipinski definition) is 8. The molecule has 1 aliphatic heterocycles. The van der Waals surface area contributed by atoms with E-state index in [0.29, 0.717) is 61.3 Å². The highest BCUT2D eigenvalue weighted by atomic mass is 16.5. The normalized spacial score (nSPS) is 13.1. The Kier molecular flexibility index (Phi) is 7.37. The third kappa shape index (κ3) is 5.50. The van der Waals surface area contributed by atoms with Crippen LogP contribution in [0.5, 0.6) is 5.88 Å². The first-order valence-electron chi connectivity index (χ1n) is 13.3. The molecule has 1 fully saturated rings. The van der Waals surface area contributed by atoms with Crippen molar-refractivity contribution in [2.45, 2.75) is 19.5 Å². The van der Waals surface area contributed by atoms with Crippen LogP contribution in [-0.2, 0) is 17.8 Å². The molecule has 0 saturated carbocycles. The SMILES string of the molecule is COc1ncccc1Nc1cc(N(Cc2ccccc2)Cc2ccccc2)n2ncc(C(=O)CC3COC3)c2n1. The molecule has 1 N–H and O–H groups in total. The fourth-order valence-electron chi connectivity index (χ4n) is 4.82. The Morgan fingerprint density at radius 3 is 2.35 bits per heavy atom. The molecule has 9 nitrogen and oxygen atoms in total. The van der Waals surface area contributed by atoms with Gasteiger partial charge >= 0.3 is 0 Å². The molecule has 0 radical (unpaired) electrons. The van der Waals surface area contributed by atoms with Gasteiger partial charge in [-0.05, 0) is 23.3 Å². The van der Waals surface area contributed by atoms with Crippen LogP contribution in [0.3, 0.4) is 0 Å². The molecule has 0 atom stereocenters. The lowest BCUT2D eigenvalue weighted by Crippen LogP contribution is -2.29. The average Bonchev–Trinajstić information content (AvgIpc) is 3.40. The minimum Gasteiger partial charge on any atom is -0.480 e. The number of aromatic nitrogens is 4. The van der Waals surface area contributed by atoms with Crippen molar-refractivity contribution in [1.29, 1.82) is 0 Å². The van der Waals surface area contributed by atoms with Crippen LogP contribution >= 0.6 is 0 Å². The number of ether oxygens (including phenoxy) is 2. The number of benzene rings is 2. The molecule has 6 rings (SSSR count). The van der Waals surface area contributed by atoms with Crippen molar-refractivity contribution in [3.8, 4) is 5.88 Å². The Morgan fingerprint density at radius 2 is 1.73 bits per heavy atom. The van der Waals surface area contributed by atoms with Gasteiger partial charge in [0.05, 0.1) is 32.1 Å². The van der Waals surface area contributed by atoms with Gasteiger partial charge in [0.25, 0.3) is 0 Å². The lowest BCUT2D eigenvalue weighted by Gasteiger charge is -2.26. The number of ketones is 1. The molecule has 1 aliphatic rings. The number of fused-ring (bicyclic) bond motifs is 1. The molecule has 0 bridgehead atoms. The van der Waals surface area contributed by atoms with Gasteiger partial charge in [0.1, 0.15) is 17.3 Å². The molecule has 2 aromatic carbocycles. The molecule has 3 aromatic heterocycles. The number of Topliss-reactive ketones (excluding diaryl/α,β-unsaturated/α-hetero) is 1. The standard InChI is InChI=1S/C31H30N6O3/c1-39-31-26(13-8-14-32-31)34-28-16-29(37-30(35-28)25(17-33-37)27(38)15-24-20-40-21-24)36(18-22-9-4-2-5-10-22)19-23-11-6-3-7-12-23/h2-14,16-17,24H,15,18-21H2,1H3,(H,34,35). The second kappa shape index (κ2) is 11.5. The Labute approximate surface area is 232 Å². The minimum absolute atomic E-state index is 0.00975. The molecule has 202 valence electrons. The number of rotatable bonds is 11. The molecule has 0 amide bonds. The topological polar surface area (TPSA) is 93.9 Å². The van der Waals surface area contributed by atoms with E-state index in [9.17, 15) is 4.79 Å². The van der Waals surface area contributed by atoms with Crippen LogP contribution in [0, 0.1) is 5.92 Å². The maximum Gasteiger partial charge on any atom is 0.237 e. The van der Waals surface area contributed by atoms with Crippen molar-refractivity contribution < 1.29 is 14.3 Å². The van der Waals surface area contributed by atoms with E-state index in [1.54, 1.807) is 24.0 Å². The van der Waals surface area contributed by atoms with Crippen LogP contribution in [0.4, 0.5) is 17.3 Å². The van der Waals surface area contributed by atoms with Crippen molar-refractivity contribution in [3.63, 3.8) is 0 Å². The van der Waals surface area contributed by atoms with Crippen LogP contribution in [0.2, 0.25) is 0 Å². The van der Waals surface area contributed by atoms with Gasteiger partial charge in [0.2, 0.25) is 5.88 Å². The molecular weight excluding hydrogens is 504 g/mol. The van der Waals surface area contributed by atoms with Gasteiger partial charge in [-0.25, -0.2) is 9.97 Å². The number of carbonyl (C=O) groups excluding carboxylic acids is 1. The highest BCUT2D eigenvalue weighted by Gasteiger charge is 2.26. The number of anilines is 3. The predicted molar refractivity (Wildman–Crippen MR) is 153 cm³/mol. The Hall–Kier alpha value is -4.76. The molecule has 0 aliphatic carbocycles. The fraction of sp³-hybridized carbons (Fsp3) is 0.226. The summed E-state index contributed by atoms with van der Waals surface area (Å²) < 4.78 is 12.5. The zero-order valence-corrected chi connectivity index (χ0v) is 22.2. The monoisotopic (exact) mass is 534 g/mol. The van der Waals surface area contributed by atoms with Crippen LogP contribution in [0.25, 0.3) is 5.65 Å². The second-order valence-electron chi connectivity index (χ2n) is 9.84. The van der Waals surface area contributed by atoms with Gasteiger partial charge in [-0.3, -0.25) is 4.79 Å². The lowest BCUT2D eigenvalue weighted by molar-refractivity contribution is -0.0321. The molecule has 40 heavy (non-hydrogen) atoms. The zero-order chi connectivity index (χ0) is 27.3. The van der Waals surface area contributed by atoms with Crippen molar-refractivity contribution in [3.05, 3.63) is 108 Å². The number of nitrogens with zero attached hydrogens (tertiary/aromatic N) is 5. The Bertz CT molecular complexity index is 1560. The summed E-state index contributed by atoms with van der Waals surface area (Å²) in [4.78, 5) is 24.8. The number of hydrogen-bond donors (Lipinski definition) is 1. The van der Waals surface area contributed by atoms with Gasteiger partial charge in [-0.1, -0.05) is 60.7 Å². The quantitative estimate of drug-likeness (QED) is 0.228. The van der Waals surface area contributed by atoms with E-state index >= 15 is 0 Å². The third-order valence-electron chi connectivity index (χ3n) is 6.92. The van der Waals surface area contributed by atoms with Crippen molar-refractivity contribution in [1.82, 2.24) is 19.6 Å². The summed E-state index contributed by atoms with van der Waals surface area (Å²) in [6, 6.07) is 26.2. The van der Waals surface area contributed by atoms with Crippen molar-refractivity contribution in [2.24, 2.45) is 5.92 Å². The van der Waals surface area contributed by atoms with Crippen LogP contribution in [0.1, 0.15) is 27.9 Å². The molecule has 0 unspecified atom stereocenters. The maximum atomic E-state index is 13.3. The highest BCUT2D eigenvalue weighted by Crippen LogP contribution is 2.30. The number of methoxy groups -OCH3 is 1. The molecule has 5 aromatic rings. The first-order valence-corrected chi connectivity index (χ1v) is 13.3. The van der Waals surface area contributed by atoms with Crippen LogP contribution < -0.4 is 15.0 Å². The highest BCUT2D eigenvalue weighted by molar-refractivity contribution is 6.01. The second-order valence-corrected chi connectivity index (χ2v) is 9.84. The smallest absolute Gasteiger partial charge is 0.237 e. The van der Waals surface area contributed by atoms with Crippen molar-refractivity contribution in [2.75, 3.05) is 30.5 Å². The summed E-state index contributed by atoms with van der Waals surface area (Å²) in [5.74, 6) is 2.05. The average molecular weight is 535 g/mol. The summed E-state index contributed by atoms with van der Waals surface area (Å²) in [7, 11) is 1.58. The van der Waals surface area contributed by atoms with Gasteiger partial charge in [0, 0.05) is 37.7 Å². The Morgan fingerprint density at radius 1 is 1.02 bits per heavy atom. The summed E-state index contributed by atoms with van der Waals surface area (Å²) in [5.41, 5.74) is 3.97. The molecule has 1 saturated heterocycles. The summed E-state index contributed by atoms with van der Waals surface area (Å²) in [6.07, 6.45) is 3.71. The van der Waals surface area contributed by atoms with E-state index < -0.39 is 0 Å². The van der Waals surface area contributed by atoms with E-state index in [4.69, 9.17) is 14.5 Å². The first-order chi connectivity index (χ1) is 19.7. The summed E-state index contributed by atoms with van der Waals surface area (Å²) in [5, 5.41) is 8.03. The van der Waals surface area contributed by atoms with Gasteiger partial charge in [0.15, 0.2) is 11.4 Å². The third-order valence-corrected chi connectivity index (χ3v) is 6.92. The number of carbonyl (C=O) groups is 1. The van der Waals surface area contributed by atoms with E-state index in [2.05, 4.69) is 44.6 Å². The largest absolute Gasteiger partial charge is 0.480 e. The lowest BCUT2D eigenvalue weighted by atomic mass is 9.98. The number of nitrogens with one attached hydrogen (secondary N) is 1. The van der Waals surface area contributed by atoms with Gasteiger partial charge < -0.3 is 19.7 Å². The molecule has 9 heteroatoms. The van der Waals surface area contributed by atoms with Crippen LogP contribution in [-0.4, -0.2) is 45.7 Å². The zero-order valence-electron chi connectivity index (χ0n) is 22.2. The van der Waals surface area contributed by atoms with E-state index in [0.717, 1.165) is 16.9 Å². The first kappa shape index (κ1) is 25.5. The summed E-state index contributed by atoms with van der Waals surface area (Å²) in [6.45, 7) is 2.48. The fourth-order valence-corrected chi connectivity index (χ4v) is 4.82. The van der Waals surface area contributed by atoms with E-state index in [1.807, 2.05) is 54.6 Å².